The predicted octanol–water partition coefficient (Wildman–Crippen LogP) is 3.91. The monoisotopic (exact) mass is 272 g/mol. The molecule has 3 heteroatoms. The van der Waals surface area contributed by atoms with E-state index >= 15 is 0 Å². The summed E-state index contributed by atoms with van der Waals surface area (Å²) in [6.45, 7) is 8.50. The molecule has 0 fully saturated rings. The molecule has 0 radical (unpaired) electrons. The van der Waals surface area contributed by atoms with Gasteiger partial charge in [0.15, 0.2) is 0 Å². The molecule has 2 nitrogen and oxygen atoms in total. The summed E-state index contributed by atoms with van der Waals surface area (Å²) >= 11 is -1.79. The van der Waals surface area contributed by atoms with E-state index in [-0.39, 0.29) is 0 Å². The first-order valence-electron chi connectivity index (χ1n) is 6.58. The first kappa shape index (κ1) is 15.6. The Morgan fingerprint density at radius 2 is 1.20 bits per heavy atom. The van der Waals surface area contributed by atoms with Gasteiger partial charge in [0.05, 0.1) is 0 Å². The van der Waals surface area contributed by atoms with E-state index < -0.39 is 16.9 Å². The second-order valence-electron chi connectivity index (χ2n) is 4.02. The first-order valence-corrected chi connectivity index (χ1v) is 10.3. The molecule has 0 aromatic rings. The second-order valence-corrected chi connectivity index (χ2v) is 8.43. The summed E-state index contributed by atoms with van der Waals surface area (Å²) in [5.74, 6) is 0. The van der Waals surface area contributed by atoms with E-state index in [4.69, 9.17) is 7.06 Å². The Kier molecular flexibility index (Phi) is 13.1. The van der Waals surface area contributed by atoms with Crippen LogP contribution in [0.2, 0.25) is 4.98 Å². The van der Waals surface area contributed by atoms with E-state index in [1.165, 1.54) is 43.5 Å². The number of unbranched alkanes of at least 4 members (excludes halogenated alkanes) is 3. The molecule has 0 aromatic carbocycles. The van der Waals surface area contributed by atoms with Crippen molar-refractivity contribution in [2.24, 2.45) is 0 Å². The summed E-state index contributed by atoms with van der Waals surface area (Å²) in [5, 5.41) is 0. The van der Waals surface area contributed by atoms with Gasteiger partial charge < -0.3 is 0 Å². The van der Waals surface area contributed by atoms with Crippen molar-refractivity contribution < 1.29 is 7.06 Å². The minimum absolute atomic E-state index is 0.928. The Morgan fingerprint density at radius 3 is 1.60 bits per heavy atom. The van der Waals surface area contributed by atoms with Crippen LogP contribution < -0.4 is 0 Å². The van der Waals surface area contributed by atoms with E-state index in [0.29, 0.717) is 0 Å². The molecule has 15 heavy (non-hydrogen) atoms. The van der Waals surface area contributed by atoms with E-state index in [0.717, 1.165) is 13.2 Å². The van der Waals surface area contributed by atoms with Crippen molar-refractivity contribution in [3.63, 3.8) is 0 Å². The van der Waals surface area contributed by atoms with Crippen molar-refractivity contribution in [3.8, 4) is 0 Å². The fraction of sp³-hybridized carbons (Fsp3) is 1.00. The SMILES string of the molecule is CCCC[O][Ga]([CH2]CCC)[O]CCCC. The van der Waals surface area contributed by atoms with Crippen LogP contribution in [0, 0.1) is 0 Å². The molecular formula is C12H27GaO2. The maximum atomic E-state index is 5.90. The maximum absolute atomic E-state index is 5.90. The molecular weight excluding hydrogens is 246 g/mol. The van der Waals surface area contributed by atoms with E-state index in [9.17, 15) is 0 Å². The van der Waals surface area contributed by atoms with E-state index in [1.807, 2.05) is 0 Å². The molecule has 0 aliphatic carbocycles. The van der Waals surface area contributed by atoms with Crippen molar-refractivity contribution in [1.82, 2.24) is 0 Å². The van der Waals surface area contributed by atoms with Gasteiger partial charge in [-0.3, -0.25) is 0 Å². The van der Waals surface area contributed by atoms with Crippen LogP contribution in [0.3, 0.4) is 0 Å². The van der Waals surface area contributed by atoms with Gasteiger partial charge in [0, 0.05) is 0 Å². The molecule has 90 valence electrons. The van der Waals surface area contributed by atoms with Crippen LogP contribution in [0.25, 0.3) is 0 Å². The Labute approximate surface area is 102 Å². The van der Waals surface area contributed by atoms with Crippen molar-refractivity contribution >= 4 is 16.9 Å². The summed E-state index contributed by atoms with van der Waals surface area (Å²) in [6.07, 6.45) is 7.35. The number of rotatable bonds is 11. The topological polar surface area (TPSA) is 18.5 Å². The Bertz CT molecular complexity index is 110. The van der Waals surface area contributed by atoms with Gasteiger partial charge in [0.1, 0.15) is 0 Å². The zero-order valence-corrected chi connectivity index (χ0v) is 13.2. The van der Waals surface area contributed by atoms with Crippen LogP contribution in [-0.4, -0.2) is 30.2 Å². The zero-order chi connectivity index (χ0) is 11.4. The van der Waals surface area contributed by atoms with Crippen LogP contribution in [-0.2, 0) is 7.06 Å². The van der Waals surface area contributed by atoms with Gasteiger partial charge >= 0.3 is 101 Å². The third-order valence-electron chi connectivity index (χ3n) is 2.40. The van der Waals surface area contributed by atoms with Crippen molar-refractivity contribution in [3.05, 3.63) is 0 Å². The summed E-state index contributed by atoms with van der Waals surface area (Å²) < 4.78 is 11.8. The number of hydrogen-bond acceptors (Lipinski definition) is 2. The summed E-state index contributed by atoms with van der Waals surface area (Å²) in [6, 6.07) is 0. The molecule has 0 bridgehead atoms. The molecule has 0 unspecified atom stereocenters. The molecule has 0 aromatic heterocycles. The van der Waals surface area contributed by atoms with Crippen molar-refractivity contribution in [1.29, 1.82) is 0 Å². The van der Waals surface area contributed by atoms with Crippen LogP contribution in [0.4, 0.5) is 0 Å². The molecule has 0 rings (SSSR count). The Morgan fingerprint density at radius 1 is 0.733 bits per heavy atom. The number of hydrogen-bond donors (Lipinski definition) is 0. The summed E-state index contributed by atoms with van der Waals surface area (Å²) in [7, 11) is 0. The molecule has 0 amide bonds. The first-order chi connectivity index (χ1) is 7.35. The third-order valence-corrected chi connectivity index (χ3v) is 6.79. The van der Waals surface area contributed by atoms with Gasteiger partial charge in [-0.2, -0.15) is 0 Å². The van der Waals surface area contributed by atoms with Crippen LogP contribution in [0.5, 0.6) is 0 Å². The zero-order valence-electron chi connectivity index (χ0n) is 10.8. The fourth-order valence-corrected chi connectivity index (χ4v) is 5.56. The molecule has 0 spiro atoms. The molecule has 0 saturated carbocycles. The molecule has 0 saturated heterocycles. The van der Waals surface area contributed by atoms with Gasteiger partial charge in [-0.05, 0) is 0 Å². The Hall–Kier alpha value is 0.556. The van der Waals surface area contributed by atoms with Gasteiger partial charge in [0.25, 0.3) is 0 Å². The molecule has 0 heterocycles. The van der Waals surface area contributed by atoms with E-state index in [2.05, 4.69) is 20.8 Å². The molecule has 0 atom stereocenters. The summed E-state index contributed by atoms with van der Waals surface area (Å²) in [5.41, 5.74) is 0. The fourth-order valence-electron chi connectivity index (χ4n) is 1.30. The average Bonchev–Trinajstić information content (AvgIpc) is 2.25. The molecule has 0 aliphatic heterocycles. The minimum atomic E-state index is -1.79. The van der Waals surface area contributed by atoms with Crippen LogP contribution in [0.1, 0.15) is 59.3 Å². The van der Waals surface area contributed by atoms with Crippen LogP contribution in [0.15, 0.2) is 0 Å². The summed E-state index contributed by atoms with van der Waals surface area (Å²) in [4.78, 5) is 1.23. The third kappa shape index (κ3) is 10.8. The van der Waals surface area contributed by atoms with Crippen molar-refractivity contribution in [2.45, 2.75) is 64.3 Å². The van der Waals surface area contributed by atoms with Gasteiger partial charge in [-0.15, -0.1) is 0 Å². The average molecular weight is 273 g/mol. The standard InChI is InChI=1S/2C4H9O.C4H9.Ga/c2*1-2-3-4-5;1-3-4-2;/h2*2-4H2,1H3;1,3-4H2,2H3;/q2*-1;;+2. The van der Waals surface area contributed by atoms with Crippen LogP contribution >= 0.6 is 0 Å². The van der Waals surface area contributed by atoms with Gasteiger partial charge in [-0.25, -0.2) is 0 Å². The molecule has 0 aliphatic rings. The van der Waals surface area contributed by atoms with Gasteiger partial charge in [0.2, 0.25) is 0 Å². The Balaban J connectivity index is 3.53. The molecule has 0 N–H and O–H groups in total. The predicted molar refractivity (Wildman–Crippen MR) is 67.2 cm³/mol. The van der Waals surface area contributed by atoms with Crippen molar-refractivity contribution in [2.75, 3.05) is 13.2 Å². The second kappa shape index (κ2) is 12.6. The normalized spacial score (nSPS) is 10.6. The van der Waals surface area contributed by atoms with Gasteiger partial charge in [-0.1, -0.05) is 0 Å². The van der Waals surface area contributed by atoms with E-state index in [1.54, 1.807) is 0 Å². The quantitative estimate of drug-likeness (QED) is 0.419.